The van der Waals surface area contributed by atoms with E-state index in [1.165, 1.54) is 26.8 Å². The van der Waals surface area contributed by atoms with E-state index in [-0.39, 0.29) is 45.6 Å². The summed E-state index contributed by atoms with van der Waals surface area (Å²) in [5.74, 6) is -2.49. The van der Waals surface area contributed by atoms with Crippen LogP contribution in [0.3, 0.4) is 0 Å². The molecule has 8 heteroatoms. The van der Waals surface area contributed by atoms with E-state index in [2.05, 4.69) is 10.3 Å². The number of phenolic OH excluding ortho intramolecular Hbond substituents is 2. The summed E-state index contributed by atoms with van der Waals surface area (Å²) in [6.45, 7) is 7.72. The van der Waals surface area contributed by atoms with Crippen LogP contribution in [0.2, 0.25) is 0 Å². The number of hydrogen-bond acceptors (Lipinski definition) is 8. The number of aromatic nitrogens is 1. The Balaban J connectivity index is 1.87. The van der Waals surface area contributed by atoms with E-state index < -0.39 is 28.5 Å². The van der Waals surface area contributed by atoms with Gasteiger partial charge in [-0.3, -0.25) is 19.4 Å². The maximum atomic E-state index is 13.8. The Morgan fingerprint density at radius 1 is 1.18 bits per heavy atom. The first-order chi connectivity index (χ1) is 15.5. The molecule has 1 aliphatic heterocycles. The smallest absolute Gasteiger partial charge is 0.194 e. The van der Waals surface area contributed by atoms with Crippen molar-refractivity contribution >= 4 is 17.3 Å². The van der Waals surface area contributed by atoms with Crippen LogP contribution < -0.4 is 10.1 Å². The lowest BCUT2D eigenvalue weighted by atomic mass is 9.70. The number of carbonyl (C=O) groups is 3. The summed E-state index contributed by atoms with van der Waals surface area (Å²) >= 11 is 0. The fourth-order valence-electron chi connectivity index (χ4n) is 4.47. The molecule has 8 nitrogen and oxygen atoms in total. The Morgan fingerprint density at radius 3 is 2.48 bits per heavy atom. The second-order valence-electron chi connectivity index (χ2n) is 8.51. The zero-order valence-electron chi connectivity index (χ0n) is 18.9. The van der Waals surface area contributed by atoms with Crippen molar-refractivity contribution in [2.75, 3.05) is 0 Å². The number of rotatable bonds is 4. The molecule has 3 N–H and O–H groups in total. The first kappa shape index (κ1) is 22.3. The van der Waals surface area contributed by atoms with Gasteiger partial charge in [0.1, 0.15) is 34.0 Å². The van der Waals surface area contributed by atoms with E-state index in [4.69, 9.17) is 4.74 Å². The number of Topliss-reactive ketones (excluding diaryl/α,β-unsaturated/α-hetero) is 2. The number of ether oxygens (including phenoxy) is 1. The van der Waals surface area contributed by atoms with Gasteiger partial charge in [-0.05, 0) is 46.8 Å². The van der Waals surface area contributed by atoms with E-state index >= 15 is 0 Å². The summed E-state index contributed by atoms with van der Waals surface area (Å²) in [5, 5.41) is 24.5. The number of aromatic hydroxyl groups is 2. The van der Waals surface area contributed by atoms with Crippen molar-refractivity contribution < 1.29 is 29.3 Å². The number of pyridine rings is 1. The molecule has 0 bridgehead atoms. The number of nitrogens with zero attached hydrogens (tertiary/aromatic N) is 1. The number of benzene rings is 1. The Bertz CT molecular complexity index is 1290. The highest BCUT2D eigenvalue weighted by atomic mass is 16.5. The average Bonchev–Trinajstić information content (AvgIpc) is 3.05. The fourth-order valence-corrected chi connectivity index (χ4v) is 4.47. The van der Waals surface area contributed by atoms with Crippen LogP contribution in [0.4, 0.5) is 0 Å². The van der Waals surface area contributed by atoms with Gasteiger partial charge in [0.05, 0.1) is 22.9 Å². The summed E-state index contributed by atoms with van der Waals surface area (Å²) in [6.07, 6.45) is 2.85. The molecule has 0 fully saturated rings. The molecule has 2 unspecified atom stereocenters. The molecular formula is C25H24N2O6. The van der Waals surface area contributed by atoms with Gasteiger partial charge in [-0.25, -0.2) is 0 Å². The molecule has 33 heavy (non-hydrogen) atoms. The SMILES string of the molecule is CC(=O)c1c(O)c(C)c(O)c2c1OC1=CC(=O)C(=C(C)NC(C)c3ccccn3)C(=O)C12C. The first-order valence-electron chi connectivity index (χ1n) is 10.5. The minimum atomic E-state index is -1.54. The van der Waals surface area contributed by atoms with E-state index in [1.807, 2.05) is 19.1 Å². The molecule has 0 saturated heterocycles. The van der Waals surface area contributed by atoms with Crippen molar-refractivity contribution in [1.29, 1.82) is 0 Å². The molecular weight excluding hydrogens is 424 g/mol. The van der Waals surface area contributed by atoms with E-state index in [9.17, 15) is 24.6 Å². The predicted molar refractivity (Wildman–Crippen MR) is 119 cm³/mol. The highest BCUT2D eigenvalue weighted by Gasteiger charge is 2.56. The second kappa shape index (κ2) is 7.58. The summed E-state index contributed by atoms with van der Waals surface area (Å²) in [4.78, 5) is 43.3. The number of fused-ring (bicyclic) bond motifs is 3. The maximum Gasteiger partial charge on any atom is 0.194 e. The molecule has 0 radical (unpaired) electrons. The van der Waals surface area contributed by atoms with Crippen molar-refractivity contribution in [2.24, 2.45) is 0 Å². The predicted octanol–water partition coefficient (Wildman–Crippen LogP) is 3.31. The fraction of sp³-hybridized carbons (Fsp3) is 0.280. The molecule has 170 valence electrons. The zero-order chi connectivity index (χ0) is 24.2. The second-order valence-corrected chi connectivity index (χ2v) is 8.51. The van der Waals surface area contributed by atoms with Gasteiger partial charge in [-0.2, -0.15) is 0 Å². The van der Waals surface area contributed by atoms with Crippen molar-refractivity contribution in [3.63, 3.8) is 0 Å². The molecule has 2 aliphatic rings. The monoisotopic (exact) mass is 448 g/mol. The number of ketones is 3. The maximum absolute atomic E-state index is 13.8. The lowest BCUT2D eigenvalue weighted by Crippen LogP contribution is -2.41. The van der Waals surface area contributed by atoms with Crippen LogP contribution >= 0.6 is 0 Å². The summed E-state index contributed by atoms with van der Waals surface area (Å²) in [5.41, 5.74) is -0.539. The van der Waals surface area contributed by atoms with Gasteiger partial charge in [0, 0.05) is 23.5 Å². The number of nitrogens with one attached hydrogen (secondary N) is 1. The molecule has 4 rings (SSSR count). The van der Waals surface area contributed by atoms with Crippen LogP contribution in [0.15, 0.2) is 47.5 Å². The number of hydrogen-bond donors (Lipinski definition) is 3. The van der Waals surface area contributed by atoms with E-state index in [1.54, 1.807) is 19.2 Å². The van der Waals surface area contributed by atoms with Crippen LogP contribution in [0.1, 0.15) is 60.9 Å². The van der Waals surface area contributed by atoms with Gasteiger partial charge in [-0.15, -0.1) is 0 Å². The van der Waals surface area contributed by atoms with Crippen LogP contribution in [-0.4, -0.2) is 32.5 Å². The molecule has 1 aromatic carbocycles. The zero-order valence-corrected chi connectivity index (χ0v) is 18.9. The number of carbonyl (C=O) groups excluding carboxylic acids is 3. The third-order valence-electron chi connectivity index (χ3n) is 6.32. The largest absolute Gasteiger partial charge is 0.507 e. The third-order valence-corrected chi connectivity index (χ3v) is 6.32. The Morgan fingerprint density at radius 2 is 1.88 bits per heavy atom. The van der Waals surface area contributed by atoms with Crippen LogP contribution in [0.25, 0.3) is 0 Å². The third kappa shape index (κ3) is 3.13. The average molecular weight is 448 g/mol. The van der Waals surface area contributed by atoms with E-state index in [0.717, 1.165) is 5.69 Å². The summed E-state index contributed by atoms with van der Waals surface area (Å²) < 4.78 is 5.77. The van der Waals surface area contributed by atoms with Gasteiger partial charge in [0.25, 0.3) is 0 Å². The highest BCUT2D eigenvalue weighted by molar-refractivity contribution is 6.31. The van der Waals surface area contributed by atoms with Gasteiger partial charge in [-0.1, -0.05) is 6.07 Å². The number of phenols is 2. The lowest BCUT2D eigenvalue weighted by Gasteiger charge is -2.29. The van der Waals surface area contributed by atoms with Crippen molar-refractivity contribution in [3.05, 3.63) is 69.9 Å². The highest BCUT2D eigenvalue weighted by Crippen LogP contribution is 2.57. The molecule has 1 aromatic heterocycles. The molecule has 1 aliphatic carbocycles. The van der Waals surface area contributed by atoms with E-state index in [0.29, 0.717) is 5.70 Å². The van der Waals surface area contributed by atoms with Gasteiger partial charge in [0.2, 0.25) is 0 Å². The molecule has 2 heterocycles. The quantitative estimate of drug-likeness (QED) is 0.370. The summed E-state index contributed by atoms with van der Waals surface area (Å²) in [7, 11) is 0. The molecule has 2 atom stereocenters. The topological polar surface area (TPSA) is 126 Å². The number of allylic oxidation sites excluding steroid dienone is 4. The van der Waals surface area contributed by atoms with Crippen LogP contribution in [0.5, 0.6) is 17.2 Å². The normalized spacial score (nSPS) is 21.5. The van der Waals surface area contributed by atoms with Gasteiger partial charge >= 0.3 is 0 Å². The lowest BCUT2D eigenvalue weighted by molar-refractivity contribution is -0.123. The standard InChI is InChI=1S/C25H24N2O6/c1-11-21(30)19(14(4)28)23-20(22(11)31)25(5)17(33-23)10-16(29)18(24(25)32)13(3)27-12(2)15-8-6-7-9-26-15/h6-10,12,27,30-31H,1-5H3. The van der Waals surface area contributed by atoms with Crippen LogP contribution in [0, 0.1) is 6.92 Å². The molecule has 0 spiro atoms. The minimum absolute atomic E-state index is 0.00428. The Kier molecular flexibility index (Phi) is 5.11. The van der Waals surface area contributed by atoms with Gasteiger partial charge in [0.15, 0.2) is 17.3 Å². The van der Waals surface area contributed by atoms with Crippen molar-refractivity contribution in [3.8, 4) is 17.2 Å². The molecule has 0 amide bonds. The van der Waals surface area contributed by atoms with Gasteiger partial charge < -0.3 is 20.3 Å². The Labute approximate surface area is 190 Å². The Hall–Kier alpha value is -3.94. The van der Waals surface area contributed by atoms with Crippen molar-refractivity contribution in [1.82, 2.24) is 10.3 Å². The van der Waals surface area contributed by atoms with Crippen LogP contribution in [-0.2, 0) is 15.0 Å². The summed E-state index contributed by atoms with van der Waals surface area (Å²) in [6, 6.07) is 5.19. The van der Waals surface area contributed by atoms with Crippen molar-refractivity contribution in [2.45, 2.75) is 46.1 Å². The molecule has 2 aromatic rings. The first-order valence-corrected chi connectivity index (χ1v) is 10.5. The molecule has 0 saturated carbocycles. The minimum Gasteiger partial charge on any atom is -0.507 e.